The Labute approximate surface area is 286 Å². The third-order valence-electron chi connectivity index (χ3n) is 10.6. The third-order valence-corrected chi connectivity index (χ3v) is 10.6. The van der Waals surface area contributed by atoms with Gasteiger partial charge >= 0.3 is 0 Å². The maximum Gasteiger partial charge on any atom is 0.206 e. The standard InChI is InChI=1S/C46H44N2/c1-30-18-20-34(21-19-30)35-22-24-38(25-23-35)42-44(39-17-11-12-31(2)26-39)46(48-29-47)43(37-15-9-6-10-16-37)45(42)41-28-32(3)40(27-33(41)4)36-13-7-5-8-14-36/h5-11,13-18,20-26,28,30-33,40H,12,19,27H2,1-4H3/t30-,31?,32?,33+,40?/m1/s1. The van der Waals surface area contributed by atoms with Crippen LogP contribution < -0.4 is 0 Å². The van der Waals surface area contributed by atoms with Crippen molar-refractivity contribution in [1.82, 2.24) is 0 Å². The van der Waals surface area contributed by atoms with Crippen molar-refractivity contribution in [2.75, 3.05) is 0 Å². The lowest BCUT2D eigenvalue weighted by Gasteiger charge is -2.34. The predicted octanol–water partition coefficient (Wildman–Crippen LogP) is 11.7. The number of rotatable bonds is 6. The molecule has 48 heavy (non-hydrogen) atoms. The van der Waals surface area contributed by atoms with Crippen molar-refractivity contribution in [2.24, 2.45) is 28.7 Å². The van der Waals surface area contributed by atoms with Crippen molar-refractivity contribution in [3.63, 3.8) is 0 Å². The van der Waals surface area contributed by atoms with Gasteiger partial charge in [0, 0.05) is 11.1 Å². The lowest BCUT2D eigenvalue weighted by molar-refractivity contribution is 0.417. The van der Waals surface area contributed by atoms with Crippen LogP contribution in [-0.4, -0.2) is 5.71 Å². The molecule has 0 saturated carbocycles. The van der Waals surface area contributed by atoms with Gasteiger partial charge in [-0.1, -0.05) is 155 Å². The Morgan fingerprint density at radius 1 is 0.646 bits per heavy atom. The molecule has 5 atom stereocenters. The number of hydrogen-bond acceptors (Lipinski definition) is 2. The summed E-state index contributed by atoms with van der Waals surface area (Å²) >= 11 is 0. The first-order valence-corrected chi connectivity index (χ1v) is 17.6. The normalized spacial score (nSPS) is 26.4. The van der Waals surface area contributed by atoms with E-state index < -0.39 is 0 Å². The van der Waals surface area contributed by atoms with Crippen LogP contribution >= 0.6 is 0 Å². The summed E-state index contributed by atoms with van der Waals surface area (Å²) in [5.41, 5.74) is 14.0. The average molecular weight is 625 g/mol. The summed E-state index contributed by atoms with van der Waals surface area (Å²) in [7, 11) is 0. The van der Waals surface area contributed by atoms with Crippen LogP contribution in [0, 0.1) is 35.1 Å². The van der Waals surface area contributed by atoms with Crippen molar-refractivity contribution in [1.29, 1.82) is 5.26 Å². The number of nitriles is 1. The van der Waals surface area contributed by atoms with Crippen LogP contribution in [0.25, 0.3) is 16.7 Å². The second-order valence-electron chi connectivity index (χ2n) is 14.1. The summed E-state index contributed by atoms with van der Waals surface area (Å²) in [4.78, 5) is 4.67. The van der Waals surface area contributed by atoms with Gasteiger partial charge in [0.2, 0.25) is 6.19 Å². The zero-order valence-electron chi connectivity index (χ0n) is 28.5. The maximum atomic E-state index is 10.2. The van der Waals surface area contributed by atoms with Crippen LogP contribution in [0.1, 0.15) is 75.1 Å². The average Bonchev–Trinajstić information content (AvgIpc) is 3.45. The quantitative estimate of drug-likeness (QED) is 0.251. The third kappa shape index (κ3) is 6.07. The summed E-state index contributed by atoms with van der Waals surface area (Å²) in [6.45, 7) is 9.28. The van der Waals surface area contributed by atoms with E-state index in [0.29, 0.717) is 29.6 Å². The number of allylic oxidation sites excluding steroid dienone is 14. The summed E-state index contributed by atoms with van der Waals surface area (Å²) in [6.07, 6.45) is 21.7. The molecule has 7 rings (SSSR count). The van der Waals surface area contributed by atoms with Crippen LogP contribution in [0.3, 0.4) is 0 Å². The van der Waals surface area contributed by atoms with Crippen molar-refractivity contribution in [2.45, 2.75) is 52.9 Å². The Morgan fingerprint density at radius 2 is 1.33 bits per heavy atom. The minimum absolute atomic E-state index is 0.311. The molecular formula is C46H44N2. The first-order chi connectivity index (χ1) is 23.4. The highest BCUT2D eigenvalue weighted by Crippen LogP contribution is 2.53. The lowest BCUT2D eigenvalue weighted by Crippen LogP contribution is -2.21. The summed E-state index contributed by atoms with van der Waals surface area (Å²) in [5, 5.41) is 10.2. The smallest absolute Gasteiger partial charge is 0.172 e. The zero-order chi connectivity index (χ0) is 33.2. The summed E-state index contributed by atoms with van der Waals surface area (Å²) < 4.78 is 0. The molecular weight excluding hydrogens is 581 g/mol. The van der Waals surface area contributed by atoms with Gasteiger partial charge in [-0.15, -0.1) is 0 Å². The number of nitrogens with zero attached hydrogens (tertiary/aromatic N) is 2. The van der Waals surface area contributed by atoms with E-state index in [1.807, 2.05) is 0 Å². The van der Waals surface area contributed by atoms with E-state index in [-0.39, 0.29) is 0 Å². The van der Waals surface area contributed by atoms with Gasteiger partial charge in [0.05, 0.1) is 5.71 Å². The van der Waals surface area contributed by atoms with Crippen molar-refractivity contribution in [3.8, 4) is 6.19 Å². The molecule has 4 aliphatic rings. The number of aliphatic imine (C=N–C) groups is 1. The highest BCUT2D eigenvalue weighted by molar-refractivity contribution is 6.43. The van der Waals surface area contributed by atoms with Gasteiger partial charge in [0.15, 0.2) is 0 Å². The molecule has 4 aliphatic carbocycles. The Bertz CT molecular complexity index is 1980. The zero-order valence-corrected chi connectivity index (χ0v) is 28.5. The van der Waals surface area contributed by atoms with Crippen LogP contribution in [0.4, 0.5) is 0 Å². The molecule has 0 fully saturated rings. The molecule has 238 valence electrons. The van der Waals surface area contributed by atoms with E-state index in [9.17, 15) is 5.26 Å². The molecule has 2 heteroatoms. The lowest BCUT2D eigenvalue weighted by atomic mass is 9.70. The predicted molar refractivity (Wildman–Crippen MR) is 202 cm³/mol. The summed E-state index contributed by atoms with van der Waals surface area (Å²) in [6, 6.07) is 30.7. The van der Waals surface area contributed by atoms with Crippen LogP contribution in [-0.2, 0) is 0 Å². The van der Waals surface area contributed by atoms with Gasteiger partial charge < -0.3 is 0 Å². The van der Waals surface area contributed by atoms with Gasteiger partial charge in [0.1, 0.15) is 0 Å². The molecule has 3 aromatic carbocycles. The molecule has 0 aliphatic heterocycles. The van der Waals surface area contributed by atoms with Crippen molar-refractivity contribution >= 4 is 22.4 Å². The molecule has 2 nitrogen and oxygen atoms in total. The SMILES string of the molecule is CC1C=C(C2=C(c3ccc(C4=CC[C@H](C)C=C4)cc3)C(C3=CC(C)C(c4ccccc4)C[C@@H]3C)=C(c3ccccc3)C2=NC#N)C=CC1. The van der Waals surface area contributed by atoms with Gasteiger partial charge in [-0.05, 0) is 99.0 Å². The molecule has 0 aromatic heterocycles. The first kappa shape index (κ1) is 31.6. The molecule has 0 saturated heterocycles. The molecule has 0 spiro atoms. The van der Waals surface area contributed by atoms with Crippen molar-refractivity contribution in [3.05, 3.63) is 172 Å². The number of hydrogen-bond donors (Lipinski definition) is 0. The fraction of sp³-hybridized carbons (Fsp3) is 0.261. The first-order valence-electron chi connectivity index (χ1n) is 17.6. The Kier molecular flexibility index (Phi) is 8.96. The topological polar surface area (TPSA) is 36.1 Å². The van der Waals surface area contributed by atoms with E-state index in [1.54, 1.807) is 0 Å². The van der Waals surface area contributed by atoms with E-state index in [1.165, 1.54) is 33.4 Å². The fourth-order valence-electron chi connectivity index (χ4n) is 8.05. The summed E-state index contributed by atoms with van der Waals surface area (Å²) in [5.74, 6) is 2.10. The van der Waals surface area contributed by atoms with Crippen LogP contribution in [0.5, 0.6) is 0 Å². The Balaban J connectivity index is 1.48. The van der Waals surface area contributed by atoms with Gasteiger partial charge in [-0.3, -0.25) is 0 Å². The minimum Gasteiger partial charge on any atom is -0.172 e. The van der Waals surface area contributed by atoms with Crippen LogP contribution in [0.2, 0.25) is 0 Å². The molecule has 0 heterocycles. The van der Waals surface area contributed by atoms with Crippen molar-refractivity contribution < 1.29 is 0 Å². The Morgan fingerprint density at radius 3 is 2.00 bits per heavy atom. The van der Waals surface area contributed by atoms with E-state index in [2.05, 4.69) is 166 Å². The van der Waals surface area contributed by atoms with Gasteiger partial charge in [-0.25, -0.2) is 0 Å². The van der Waals surface area contributed by atoms with E-state index in [4.69, 9.17) is 0 Å². The molecule has 3 aromatic rings. The minimum atomic E-state index is 0.311. The monoisotopic (exact) mass is 624 g/mol. The molecule has 0 radical (unpaired) electrons. The fourth-order valence-corrected chi connectivity index (χ4v) is 8.05. The molecule has 0 N–H and O–H groups in total. The molecule has 0 amide bonds. The molecule has 0 bridgehead atoms. The second-order valence-corrected chi connectivity index (χ2v) is 14.1. The van der Waals surface area contributed by atoms with E-state index >= 15 is 0 Å². The van der Waals surface area contributed by atoms with E-state index in [0.717, 1.165) is 52.8 Å². The highest BCUT2D eigenvalue weighted by Gasteiger charge is 2.39. The Hall–Kier alpha value is -5.00. The van der Waals surface area contributed by atoms with Gasteiger partial charge in [0.25, 0.3) is 0 Å². The number of benzene rings is 3. The molecule has 3 unspecified atom stereocenters. The maximum absolute atomic E-state index is 10.2. The van der Waals surface area contributed by atoms with Gasteiger partial charge in [-0.2, -0.15) is 10.3 Å². The highest BCUT2D eigenvalue weighted by atomic mass is 14.8. The van der Waals surface area contributed by atoms with Crippen LogP contribution in [0.15, 0.2) is 155 Å². The second kappa shape index (κ2) is 13.6. The largest absolute Gasteiger partial charge is 0.206 e.